The van der Waals surface area contributed by atoms with E-state index in [1.165, 1.54) is 0 Å². The van der Waals surface area contributed by atoms with Gasteiger partial charge in [0.15, 0.2) is 34.9 Å². The second kappa shape index (κ2) is 14.6. The fourth-order valence-corrected chi connectivity index (χ4v) is 8.33. The van der Waals surface area contributed by atoms with Gasteiger partial charge >= 0.3 is 0 Å². The van der Waals surface area contributed by atoms with Crippen molar-refractivity contribution < 1.29 is 8.83 Å². The van der Waals surface area contributed by atoms with Crippen LogP contribution in [0.3, 0.4) is 0 Å². The Balaban J connectivity index is 1.06. The molecule has 0 N–H and O–H groups in total. The summed E-state index contributed by atoms with van der Waals surface area (Å²) in [4.78, 5) is 30.2. The summed E-state index contributed by atoms with van der Waals surface area (Å²) in [6, 6.07) is 64.7. The highest BCUT2D eigenvalue weighted by Crippen LogP contribution is 2.44. The molecule has 12 aromatic rings. The Morgan fingerprint density at radius 3 is 1.05 bits per heavy atom. The van der Waals surface area contributed by atoms with Crippen molar-refractivity contribution in [2.75, 3.05) is 0 Å². The molecule has 62 heavy (non-hydrogen) atoms. The van der Waals surface area contributed by atoms with Gasteiger partial charge in [-0.15, -0.1) is 0 Å². The lowest BCUT2D eigenvalue weighted by Gasteiger charge is -2.10. The van der Waals surface area contributed by atoms with Gasteiger partial charge < -0.3 is 8.83 Å². The maximum Gasteiger partial charge on any atom is 0.164 e. The minimum absolute atomic E-state index is 0.559. The van der Waals surface area contributed by atoms with E-state index in [9.17, 15) is 0 Å². The quantitative estimate of drug-likeness (QED) is 0.157. The number of hydrogen-bond acceptors (Lipinski definition) is 8. The summed E-state index contributed by atoms with van der Waals surface area (Å²) in [6.07, 6.45) is 0. The van der Waals surface area contributed by atoms with Gasteiger partial charge in [-0.3, -0.25) is 0 Å². The Morgan fingerprint density at radius 1 is 0.242 bits per heavy atom. The Bertz CT molecular complexity index is 3510. The standard InChI is InChI=1S/C54H32N6O2/c1-5-16-33(17-6-1)49-55-50(34-18-7-2-8-19-34)58-53(57-49)39-25-14-27-43-46(39)41-32-37(30-31-42(41)61-43)38-24-13-28-44-47(38)48-40(26-15-29-45(48)62-44)54-59-51(35-20-9-3-10-21-35)56-52(60-54)36-22-11-4-12-23-36/h1-32H. The summed E-state index contributed by atoms with van der Waals surface area (Å²) in [6.45, 7) is 0. The van der Waals surface area contributed by atoms with Gasteiger partial charge in [-0.25, -0.2) is 29.9 Å². The summed E-state index contributed by atoms with van der Waals surface area (Å²) in [5, 5.41) is 3.75. The molecule has 0 saturated heterocycles. The molecule has 8 aromatic carbocycles. The number of fused-ring (bicyclic) bond motifs is 6. The summed E-state index contributed by atoms with van der Waals surface area (Å²) in [7, 11) is 0. The molecule has 0 amide bonds. The Hall–Kier alpha value is -8.62. The smallest absolute Gasteiger partial charge is 0.164 e. The minimum Gasteiger partial charge on any atom is -0.456 e. The molecule has 12 rings (SSSR count). The Morgan fingerprint density at radius 2 is 0.597 bits per heavy atom. The van der Waals surface area contributed by atoms with Crippen molar-refractivity contribution in [2.45, 2.75) is 0 Å². The lowest BCUT2D eigenvalue weighted by Crippen LogP contribution is -2.00. The fourth-order valence-electron chi connectivity index (χ4n) is 8.33. The second-order valence-electron chi connectivity index (χ2n) is 15.0. The molecule has 4 aromatic heterocycles. The summed E-state index contributed by atoms with van der Waals surface area (Å²) < 4.78 is 13.1. The van der Waals surface area contributed by atoms with Gasteiger partial charge in [-0.2, -0.15) is 0 Å². The van der Waals surface area contributed by atoms with Crippen LogP contribution < -0.4 is 0 Å². The molecular formula is C54H32N6O2. The van der Waals surface area contributed by atoms with Crippen LogP contribution in [0.15, 0.2) is 203 Å². The molecule has 8 heteroatoms. The SMILES string of the molecule is c1ccc(-c2nc(-c3ccccc3)nc(-c3cccc4oc5ccc(-c6cccc7oc8cccc(-c9nc(-c%10ccccc%10)nc(-c%10ccccc%10)n9)c8c67)cc5c34)n2)cc1. The van der Waals surface area contributed by atoms with Crippen LogP contribution in [0.4, 0.5) is 0 Å². The third kappa shape index (κ3) is 6.09. The van der Waals surface area contributed by atoms with Crippen molar-refractivity contribution in [3.05, 3.63) is 194 Å². The van der Waals surface area contributed by atoms with Gasteiger partial charge in [0.2, 0.25) is 0 Å². The van der Waals surface area contributed by atoms with Gasteiger partial charge in [-0.05, 0) is 41.5 Å². The Labute approximate surface area is 354 Å². The maximum absolute atomic E-state index is 6.61. The van der Waals surface area contributed by atoms with E-state index in [4.69, 9.17) is 38.7 Å². The molecule has 0 radical (unpaired) electrons. The first kappa shape index (κ1) is 35.3. The monoisotopic (exact) mass is 796 g/mol. The van der Waals surface area contributed by atoms with Gasteiger partial charge in [0.05, 0.1) is 0 Å². The minimum atomic E-state index is 0.559. The second-order valence-corrected chi connectivity index (χ2v) is 15.0. The number of nitrogens with zero attached hydrogens (tertiary/aromatic N) is 6. The Kier molecular flexibility index (Phi) is 8.31. The van der Waals surface area contributed by atoms with Gasteiger partial charge in [0.25, 0.3) is 0 Å². The summed E-state index contributed by atoms with van der Waals surface area (Å²) in [5.74, 6) is 3.50. The summed E-state index contributed by atoms with van der Waals surface area (Å²) >= 11 is 0. The molecule has 4 heterocycles. The third-order valence-corrected chi connectivity index (χ3v) is 11.2. The van der Waals surface area contributed by atoms with Crippen molar-refractivity contribution in [3.63, 3.8) is 0 Å². The number of benzene rings is 8. The first-order valence-corrected chi connectivity index (χ1v) is 20.4. The first-order valence-electron chi connectivity index (χ1n) is 20.4. The van der Waals surface area contributed by atoms with E-state index in [0.717, 1.165) is 88.4 Å². The first-order chi connectivity index (χ1) is 30.7. The molecule has 8 nitrogen and oxygen atoms in total. The largest absolute Gasteiger partial charge is 0.456 e. The van der Waals surface area contributed by atoms with Crippen LogP contribution in [0.25, 0.3) is 123 Å². The van der Waals surface area contributed by atoms with Crippen LogP contribution in [-0.2, 0) is 0 Å². The highest BCUT2D eigenvalue weighted by atomic mass is 16.3. The number of aromatic nitrogens is 6. The van der Waals surface area contributed by atoms with Crippen molar-refractivity contribution in [1.82, 2.24) is 29.9 Å². The van der Waals surface area contributed by atoms with E-state index in [0.29, 0.717) is 34.9 Å². The van der Waals surface area contributed by atoms with E-state index < -0.39 is 0 Å². The molecule has 0 aliphatic heterocycles. The van der Waals surface area contributed by atoms with E-state index in [1.807, 2.05) is 164 Å². The van der Waals surface area contributed by atoms with E-state index >= 15 is 0 Å². The lowest BCUT2D eigenvalue weighted by atomic mass is 9.95. The predicted molar refractivity (Wildman–Crippen MR) is 246 cm³/mol. The number of furan rings is 2. The van der Waals surface area contributed by atoms with E-state index in [2.05, 4.69) is 30.3 Å². The van der Waals surface area contributed by atoms with Gasteiger partial charge in [0, 0.05) is 54.9 Å². The molecular weight excluding hydrogens is 765 g/mol. The molecule has 0 unspecified atom stereocenters. The van der Waals surface area contributed by atoms with Crippen LogP contribution in [0.5, 0.6) is 0 Å². The highest BCUT2D eigenvalue weighted by molar-refractivity contribution is 6.19. The molecule has 0 fully saturated rings. The van der Waals surface area contributed by atoms with Crippen LogP contribution in [0.2, 0.25) is 0 Å². The van der Waals surface area contributed by atoms with Crippen molar-refractivity contribution in [3.8, 4) is 79.5 Å². The fraction of sp³-hybridized carbons (Fsp3) is 0. The number of hydrogen-bond donors (Lipinski definition) is 0. The van der Waals surface area contributed by atoms with E-state index in [-0.39, 0.29) is 0 Å². The molecule has 0 saturated carbocycles. The zero-order valence-corrected chi connectivity index (χ0v) is 33.0. The molecule has 0 aliphatic rings. The van der Waals surface area contributed by atoms with Crippen molar-refractivity contribution in [1.29, 1.82) is 0 Å². The van der Waals surface area contributed by atoms with Crippen molar-refractivity contribution in [2.24, 2.45) is 0 Å². The average Bonchev–Trinajstić information content (AvgIpc) is 3.93. The zero-order valence-electron chi connectivity index (χ0n) is 33.0. The highest BCUT2D eigenvalue weighted by Gasteiger charge is 2.22. The van der Waals surface area contributed by atoms with Gasteiger partial charge in [0.1, 0.15) is 22.3 Å². The molecule has 0 aliphatic carbocycles. The lowest BCUT2D eigenvalue weighted by molar-refractivity contribution is 0.669. The van der Waals surface area contributed by atoms with Gasteiger partial charge in [-0.1, -0.05) is 164 Å². The third-order valence-electron chi connectivity index (χ3n) is 11.2. The van der Waals surface area contributed by atoms with Crippen LogP contribution in [0.1, 0.15) is 0 Å². The maximum atomic E-state index is 6.61. The molecule has 290 valence electrons. The summed E-state index contributed by atoms with van der Waals surface area (Å²) in [5.41, 5.74) is 10.3. The van der Waals surface area contributed by atoms with E-state index in [1.54, 1.807) is 0 Å². The van der Waals surface area contributed by atoms with Crippen molar-refractivity contribution >= 4 is 43.9 Å². The molecule has 0 atom stereocenters. The zero-order chi connectivity index (χ0) is 41.0. The molecule has 0 spiro atoms. The number of rotatable bonds is 7. The van der Waals surface area contributed by atoms with Crippen LogP contribution in [0, 0.1) is 0 Å². The normalized spacial score (nSPS) is 11.5. The van der Waals surface area contributed by atoms with Crippen LogP contribution in [-0.4, -0.2) is 29.9 Å². The predicted octanol–water partition coefficient (Wildman–Crippen LogP) is 13.5. The molecule has 0 bridgehead atoms. The van der Waals surface area contributed by atoms with Crippen LogP contribution >= 0.6 is 0 Å². The average molecular weight is 797 g/mol. The topological polar surface area (TPSA) is 104 Å².